The number of carbonyl (C=O) groups excluding carboxylic acids is 1. The molecule has 116 valence electrons. The summed E-state index contributed by atoms with van der Waals surface area (Å²) in [5.41, 5.74) is 0.0772. The van der Waals surface area contributed by atoms with Crippen LogP contribution in [-0.4, -0.2) is 20.9 Å². The molecule has 0 bridgehead atoms. The number of nitrogens with zero attached hydrogens (tertiary/aromatic N) is 3. The van der Waals surface area contributed by atoms with Gasteiger partial charge in [-0.3, -0.25) is 9.59 Å². The van der Waals surface area contributed by atoms with Gasteiger partial charge in [-0.05, 0) is 31.2 Å². The van der Waals surface area contributed by atoms with Crippen molar-refractivity contribution in [2.75, 3.05) is 5.32 Å². The number of carbonyl (C=O) groups is 1. The van der Waals surface area contributed by atoms with Crippen LogP contribution in [0.5, 0.6) is 0 Å². The molecule has 0 fully saturated rings. The lowest BCUT2D eigenvalue weighted by Gasteiger charge is -2.14. The zero-order valence-electron chi connectivity index (χ0n) is 12.2. The Labute approximate surface area is 130 Å². The van der Waals surface area contributed by atoms with Gasteiger partial charge in [-0.2, -0.15) is 4.68 Å². The molecule has 0 saturated carbocycles. The van der Waals surface area contributed by atoms with Gasteiger partial charge >= 0.3 is 0 Å². The SMILES string of the molecule is CC(C(=O)Nc1ccccc1F)n1nnc2ccccc2c1=O. The van der Waals surface area contributed by atoms with Crippen molar-refractivity contribution in [2.45, 2.75) is 13.0 Å². The summed E-state index contributed by atoms with van der Waals surface area (Å²) >= 11 is 0. The molecule has 0 aliphatic rings. The first-order valence-corrected chi connectivity index (χ1v) is 6.97. The van der Waals surface area contributed by atoms with Crippen molar-refractivity contribution in [3.05, 3.63) is 64.7 Å². The normalized spacial score (nSPS) is 12.1. The zero-order valence-corrected chi connectivity index (χ0v) is 12.2. The molecule has 1 amide bonds. The maximum absolute atomic E-state index is 13.6. The van der Waals surface area contributed by atoms with Crippen LogP contribution in [0.15, 0.2) is 53.3 Å². The number of amides is 1. The van der Waals surface area contributed by atoms with Crippen molar-refractivity contribution in [3.8, 4) is 0 Å². The summed E-state index contributed by atoms with van der Waals surface area (Å²) in [5, 5.41) is 10.5. The number of hydrogen-bond donors (Lipinski definition) is 1. The summed E-state index contributed by atoms with van der Waals surface area (Å²) in [4.78, 5) is 24.6. The highest BCUT2D eigenvalue weighted by atomic mass is 19.1. The van der Waals surface area contributed by atoms with Crippen molar-refractivity contribution < 1.29 is 9.18 Å². The predicted octanol–water partition coefficient (Wildman–Crippen LogP) is 2.13. The second-order valence-electron chi connectivity index (χ2n) is 5.00. The third kappa shape index (κ3) is 2.80. The highest BCUT2D eigenvalue weighted by molar-refractivity contribution is 5.93. The summed E-state index contributed by atoms with van der Waals surface area (Å²) in [6.45, 7) is 1.50. The molecule has 0 saturated heterocycles. The van der Waals surface area contributed by atoms with Crippen molar-refractivity contribution in [1.82, 2.24) is 15.0 Å². The number of rotatable bonds is 3. The molecule has 1 aromatic heterocycles. The topological polar surface area (TPSA) is 76.9 Å². The summed E-state index contributed by atoms with van der Waals surface area (Å²) in [6.07, 6.45) is 0. The van der Waals surface area contributed by atoms with E-state index in [0.29, 0.717) is 10.9 Å². The van der Waals surface area contributed by atoms with E-state index >= 15 is 0 Å². The van der Waals surface area contributed by atoms with Crippen LogP contribution in [0.3, 0.4) is 0 Å². The van der Waals surface area contributed by atoms with E-state index in [9.17, 15) is 14.0 Å². The average molecular weight is 312 g/mol. The number of nitrogens with one attached hydrogen (secondary N) is 1. The third-order valence-electron chi connectivity index (χ3n) is 3.47. The number of para-hydroxylation sites is 1. The molecule has 6 nitrogen and oxygen atoms in total. The molecule has 1 heterocycles. The lowest BCUT2D eigenvalue weighted by molar-refractivity contribution is -0.119. The first-order valence-electron chi connectivity index (χ1n) is 6.97. The van der Waals surface area contributed by atoms with E-state index in [1.54, 1.807) is 30.3 Å². The Morgan fingerprint density at radius 2 is 1.87 bits per heavy atom. The molecule has 0 spiro atoms. The van der Waals surface area contributed by atoms with Crippen LogP contribution in [0.25, 0.3) is 10.9 Å². The number of anilines is 1. The van der Waals surface area contributed by atoms with Gasteiger partial charge in [0, 0.05) is 0 Å². The van der Waals surface area contributed by atoms with Crippen LogP contribution >= 0.6 is 0 Å². The molecule has 1 atom stereocenters. The van der Waals surface area contributed by atoms with Gasteiger partial charge in [0.2, 0.25) is 5.91 Å². The minimum absolute atomic E-state index is 0.0474. The van der Waals surface area contributed by atoms with E-state index in [2.05, 4.69) is 15.6 Å². The number of benzene rings is 2. The molecular formula is C16H13FN4O2. The molecule has 7 heteroatoms. The molecule has 3 aromatic rings. The minimum atomic E-state index is -0.931. The predicted molar refractivity (Wildman–Crippen MR) is 83.5 cm³/mol. The van der Waals surface area contributed by atoms with Crippen LogP contribution in [0.2, 0.25) is 0 Å². The zero-order chi connectivity index (χ0) is 16.4. The largest absolute Gasteiger partial charge is 0.322 e. The summed E-state index contributed by atoms with van der Waals surface area (Å²) in [5.74, 6) is -1.10. The lowest BCUT2D eigenvalue weighted by atomic mass is 10.2. The molecule has 3 rings (SSSR count). The van der Waals surface area contributed by atoms with Gasteiger partial charge in [0.15, 0.2) is 0 Å². The summed E-state index contributed by atoms with van der Waals surface area (Å²) in [7, 11) is 0. The second-order valence-corrected chi connectivity index (χ2v) is 5.00. The van der Waals surface area contributed by atoms with Crippen LogP contribution in [0, 0.1) is 5.82 Å². The van der Waals surface area contributed by atoms with Gasteiger partial charge in [0.05, 0.1) is 11.1 Å². The van der Waals surface area contributed by atoms with E-state index in [4.69, 9.17) is 0 Å². The summed E-state index contributed by atoms with van der Waals surface area (Å²) < 4.78 is 14.6. The average Bonchev–Trinajstić information content (AvgIpc) is 2.57. The fraction of sp³-hybridized carbons (Fsp3) is 0.125. The van der Waals surface area contributed by atoms with Crippen LogP contribution < -0.4 is 10.9 Å². The fourth-order valence-electron chi connectivity index (χ4n) is 2.17. The molecule has 2 aromatic carbocycles. The molecule has 23 heavy (non-hydrogen) atoms. The number of fused-ring (bicyclic) bond motifs is 1. The van der Waals surface area contributed by atoms with Crippen molar-refractivity contribution in [3.63, 3.8) is 0 Å². The van der Waals surface area contributed by atoms with E-state index in [0.717, 1.165) is 4.68 Å². The molecule has 0 aliphatic heterocycles. The third-order valence-corrected chi connectivity index (χ3v) is 3.47. The monoisotopic (exact) mass is 312 g/mol. The van der Waals surface area contributed by atoms with Crippen LogP contribution in [0.4, 0.5) is 10.1 Å². The standard InChI is InChI=1S/C16H13FN4O2/c1-10(15(22)18-14-9-5-3-7-12(14)17)21-16(23)11-6-2-4-8-13(11)19-20-21/h2-10H,1H3,(H,18,22). The minimum Gasteiger partial charge on any atom is -0.322 e. The Kier molecular flexibility index (Phi) is 3.84. The number of halogens is 1. The number of aromatic nitrogens is 3. The van der Waals surface area contributed by atoms with Gasteiger partial charge in [-0.25, -0.2) is 4.39 Å². The van der Waals surface area contributed by atoms with Gasteiger partial charge in [0.1, 0.15) is 17.4 Å². The molecule has 0 aliphatic carbocycles. The quantitative estimate of drug-likeness (QED) is 0.804. The van der Waals surface area contributed by atoms with E-state index in [-0.39, 0.29) is 5.69 Å². The van der Waals surface area contributed by atoms with E-state index in [1.165, 1.54) is 25.1 Å². The Morgan fingerprint density at radius 1 is 1.17 bits per heavy atom. The second kappa shape index (κ2) is 5.96. The Balaban J connectivity index is 1.92. The molecular weight excluding hydrogens is 299 g/mol. The van der Waals surface area contributed by atoms with Crippen molar-refractivity contribution in [2.24, 2.45) is 0 Å². The molecule has 1 unspecified atom stereocenters. The van der Waals surface area contributed by atoms with Crippen molar-refractivity contribution >= 4 is 22.5 Å². The highest BCUT2D eigenvalue weighted by Gasteiger charge is 2.20. The Morgan fingerprint density at radius 3 is 2.65 bits per heavy atom. The number of hydrogen-bond acceptors (Lipinski definition) is 4. The maximum Gasteiger partial charge on any atom is 0.278 e. The van der Waals surface area contributed by atoms with Gasteiger partial charge in [0.25, 0.3) is 5.56 Å². The first kappa shape index (κ1) is 14.8. The lowest BCUT2D eigenvalue weighted by Crippen LogP contribution is -2.34. The van der Waals surface area contributed by atoms with Gasteiger partial charge in [-0.15, -0.1) is 5.10 Å². The van der Waals surface area contributed by atoms with E-state index < -0.39 is 23.3 Å². The summed E-state index contributed by atoms with van der Waals surface area (Å²) in [6, 6.07) is 11.6. The van der Waals surface area contributed by atoms with Crippen LogP contribution in [0.1, 0.15) is 13.0 Å². The molecule has 1 N–H and O–H groups in total. The highest BCUT2D eigenvalue weighted by Crippen LogP contribution is 2.15. The van der Waals surface area contributed by atoms with E-state index in [1.807, 2.05) is 0 Å². The fourth-order valence-corrected chi connectivity index (χ4v) is 2.17. The first-order chi connectivity index (χ1) is 11.1. The Bertz CT molecular complexity index is 939. The van der Waals surface area contributed by atoms with Crippen molar-refractivity contribution in [1.29, 1.82) is 0 Å². The van der Waals surface area contributed by atoms with Crippen LogP contribution in [-0.2, 0) is 4.79 Å². The van der Waals surface area contributed by atoms with Gasteiger partial charge < -0.3 is 5.32 Å². The molecule has 0 radical (unpaired) electrons. The maximum atomic E-state index is 13.6. The van der Waals surface area contributed by atoms with Gasteiger partial charge in [-0.1, -0.05) is 29.5 Å². The smallest absolute Gasteiger partial charge is 0.278 e. The Hall–Kier alpha value is -3.09.